The van der Waals surface area contributed by atoms with E-state index in [1.54, 1.807) is 31.2 Å². The molecule has 0 saturated carbocycles. The van der Waals surface area contributed by atoms with Gasteiger partial charge in [-0.15, -0.1) is 0 Å². The Bertz CT molecular complexity index is 674. The third-order valence-corrected chi connectivity index (χ3v) is 4.43. The highest BCUT2D eigenvalue weighted by Gasteiger charge is 2.36. The number of carboxylic acids is 3. The Hall–Kier alpha value is -2.94. The summed E-state index contributed by atoms with van der Waals surface area (Å²) >= 11 is 0. The van der Waals surface area contributed by atoms with Crippen LogP contribution in [0.1, 0.15) is 25.3 Å². The Balaban J connectivity index is 2.71. The topological polar surface area (TPSA) is 141 Å². The Kier molecular flexibility index (Phi) is 9.10. The highest BCUT2D eigenvalue weighted by molar-refractivity contribution is 5.81. The first kappa shape index (κ1) is 23.1. The van der Waals surface area contributed by atoms with Crippen LogP contribution in [0.2, 0.25) is 0 Å². The van der Waals surface area contributed by atoms with Gasteiger partial charge >= 0.3 is 23.9 Å². The number of aliphatic carboxylic acids is 3. The predicted molar refractivity (Wildman–Crippen MR) is 97.8 cm³/mol. The fourth-order valence-electron chi connectivity index (χ4n) is 2.97. The zero-order valence-corrected chi connectivity index (χ0v) is 15.8. The number of rotatable bonds is 12. The zero-order chi connectivity index (χ0) is 21.3. The third-order valence-electron chi connectivity index (χ3n) is 4.43. The standard InChI is InChI=1S/C19H25NO8/c1-12(14-6-4-3-5-7-14)17(18(25)26)13(2)19(27)28-9-8-20(10-15(21)22)11-16(23)24/h3-7,12-13,17H,8-11H2,1-2H3,(H,21,22)(H,23,24)(H,25,26). The third kappa shape index (κ3) is 7.36. The van der Waals surface area contributed by atoms with Gasteiger partial charge in [0.1, 0.15) is 6.61 Å². The summed E-state index contributed by atoms with van der Waals surface area (Å²) in [6.45, 7) is 1.83. The predicted octanol–water partition coefficient (Wildman–Crippen LogP) is 1.14. The minimum absolute atomic E-state index is 0.0942. The minimum atomic E-state index is -1.21. The van der Waals surface area contributed by atoms with Crippen molar-refractivity contribution in [2.24, 2.45) is 11.8 Å². The van der Waals surface area contributed by atoms with Crippen LogP contribution in [0, 0.1) is 11.8 Å². The summed E-state index contributed by atoms with van der Waals surface area (Å²) < 4.78 is 5.08. The molecule has 9 nitrogen and oxygen atoms in total. The van der Waals surface area contributed by atoms with Crippen molar-refractivity contribution in [3.63, 3.8) is 0 Å². The number of esters is 1. The first-order valence-electron chi connectivity index (χ1n) is 8.73. The fraction of sp³-hybridized carbons (Fsp3) is 0.474. The van der Waals surface area contributed by atoms with Gasteiger partial charge < -0.3 is 20.1 Å². The van der Waals surface area contributed by atoms with Gasteiger partial charge in [-0.05, 0) is 11.5 Å². The van der Waals surface area contributed by atoms with Crippen LogP contribution in [0.5, 0.6) is 0 Å². The number of hydrogen-bond donors (Lipinski definition) is 3. The van der Waals surface area contributed by atoms with Gasteiger partial charge in [-0.3, -0.25) is 24.1 Å². The number of carbonyl (C=O) groups excluding carboxylic acids is 1. The summed E-state index contributed by atoms with van der Waals surface area (Å²) in [6.07, 6.45) is 0. The molecule has 9 heteroatoms. The van der Waals surface area contributed by atoms with Crippen LogP contribution in [0.3, 0.4) is 0 Å². The normalized spacial score (nSPS) is 14.1. The smallest absolute Gasteiger partial charge is 0.317 e. The first-order chi connectivity index (χ1) is 13.1. The monoisotopic (exact) mass is 395 g/mol. The highest BCUT2D eigenvalue weighted by Crippen LogP contribution is 2.31. The van der Waals surface area contributed by atoms with Crippen molar-refractivity contribution in [1.29, 1.82) is 0 Å². The molecule has 0 amide bonds. The Morgan fingerprint density at radius 3 is 1.96 bits per heavy atom. The van der Waals surface area contributed by atoms with Crippen LogP contribution in [0.15, 0.2) is 30.3 Å². The molecule has 0 aromatic heterocycles. The molecule has 0 heterocycles. The number of benzene rings is 1. The van der Waals surface area contributed by atoms with Crippen molar-refractivity contribution >= 4 is 23.9 Å². The van der Waals surface area contributed by atoms with E-state index in [0.717, 1.165) is 10.5 Å². The van der Waals surface area contributed by atoms with Crippen molar-refractivity contribution in [3.8, 4) is 0 Å². The van der Waals surface area contributed by atoms with Gasteiger partial charge in [-0.25, -0.2) is 0 Å². The number of hydrogen-bond acceptors (Lipinski definition) is 6. The minimum Gasteiger partial charge on any atom is -0.481 e. The van der Waals surface area contributed by atoms with E-state index in [9.17, 15) is 24.3 Å². The van der Waals surface area contributed by atoms with Crippen LogP contribution < -0.4 is 0 Å². The van der Waals surface area contributed by atoms with Gasteiger partial charge in [-0.2, -0.15) is 0 Å². The average Bonchev–Trinajstić information content (AvgIpc) is 2.60. The van der Waals surface area contributed by atoms with E-state index < -0.39 is 54.7 Å². The molecule has 28 heavy (non-hydrogen) atoms. The Morgan fingerprint density at radius 1 is 0.964 bits per heavy atom. The maximum atomic E-state index is 12.3. The lowest BCUT2D eigenvalue weighted by atomic mass is 9.79. The van der Waals surface area contributed by atoms with Crippen LogP contribution in [-0.4, -0.2) is 70.3 Å². The molecule has 0 saturated heterocycles. The summed E-state index contributed by atoms with van der Waals surface area (Å²) in [6, 6.07) is 8.95. The maximum absolute atomic E-state index is 12.3. The molecular formula is C19H25NO8. The van der Waals surface area contributed by atoms with E-state index in [1.807, 2.05) is 6.07 Å². The molecule has 1 aromatic rings. The lowest BCUT2D eigenvalue weighted by molar-refractivity contribution is -0.158. The summed E-state index contributed by atoms with van der Waals surface area (Å²) in [5.74, 6) is -6.66. The molecule has 0 bridgehead atoms. The summed E-state index contributed by atoms with van der Waals surface area (Å²) in [4.78, 5) is 46.7. The van der Waals surface area contributed by atoms with Gasteiger partial charge in [0.25, 0.3) is 0 Å². The van der Waals surface area contributed by atoms with Crippen LogP contribution in [-0.2, 0) is 23.9 Å². The molecule has 0 aliphatic heterocycles. The van der Waals surface area contributed by atoms with Gasteiger partial charge in [0.05, 0.1) is 24.9 Å². The summed E-state index contributed by atoms with van der Waals surface area (Å²) in [7, 11) is 0. The van der Waals surface area contributed by atoms with Gasteiger partial charge in [0, 0.05) is 6.54 Å². The summed E-state index contributed by atoms with van der Waals surface area (Å²) in [5.41, 5.74) is 0.781. The molecule has 3 atom stereocenters. The molecule has 0 aliphatic carbocycles. The second-order valence-electron chi connectivity index (χ2n) is 6.52. The van der Waals surface area contributed by atoms with Gasteiger partial charge in [-0.1, -0.05) is 44.2 Å². The Morgan fingerprint density at radius 2 is 1.50 bits per heavy atom. The molecule has 0 fully saturated rings. The molecule has 0 aliphatic rings. The largest absolute Gasteiger partial charge is 0.481 e. The second-order valence-corrected chi connectivity index (χ2v) is 6.52. The van der Waals surface area contributed by atoms with Crippen molar-refractivity contribution in [1.82, 2.24) is 4.90 Å². The maximum Gasteiger partial charge on any atom is 0.317 e. The lowest BCUT2D eigenvalue weighted by Gasteiger charge is -2.25. The van der Waals surface area contributed by atoms with Crippen molar-refractivity contribution < 1.29 is 39.2 Å². The van der Waals surface area contributed by atoms with Crippen molar-refractivity contribution in [3.05, 3.63) is 35.9 Å². The molecule has 154 valence electrons. The molecule has 1 rings (SSSR count). The van der Waals surface area contributed by atoms with Crippen molar-refractivity contribution in [2.75, 3.05) is 26.2 Å². The van der Waals surface area contributed by atoms with Gasteiger partial charge in [0.15, 0.2) is 0 Å². The van der Waals surface area contributed by atoms with Crippen LogP contribution in [0.4, 0.5) is 0 Å². The quantitative estimate of drug-likeness (QED) is 0.444. The van der Waals surface area contributed by atoms with E-state index in [2.05, 4.69) is 0 Å². The lowest BCUT2D eigenvalue weighted by Crippen LogP contribution is -2.38. The second kappa shape index (κ2) is 11.0. The van der Waals surface area contributed by atoms with Crippen LogP contribution in [0.25, 0.3) is 0 Å². The zero-order valence-electron chi connectivity index (χ0n) is 15.8. The molecule has 0 spiro atoms. The molecule has 1 aromatic carbocycles. The fourth-order valence-corrected chi connectivity index (χ4v) is 2.97. The number of carbonyl (C=O) groups is 4. The van der Waals surface area contributed by atoms with E-state index in [4.69, 9.17) is 14.9 Å². The van der Waals surface area contributed by atoms with Crippen LogP contribution >= 0.6 is 0 Å². The molecule has 0 radical (unpaired) electrons. The van der Waals surface area contributed by atoms with Gasteiger partial charge in [0.2, 0.25) is 0 Å². The highest BCUT2D eigenvalue weighted by atomic mass is 16.5. The number of ether oxygens (including phenoxy) is 1. The molecule has 3 N–H and O–H groups in total. The SMILES string of the molecule is CC(C(=O)OCCN(CC(=O)O)CC(=O)O)C(C(=O)O)C(C)c1ccccc1. The summed E-state index contributed by atoms with van der Waals surface area (Å²) in [5, 5.41) is 27.2. The van der Waals surface area contributed by atoms with E-state index in [-0.39, 0.29) is 13.2 Å². The average molecular weight is 395 g/mol. The molecule has 3 unspecified atom stereocenters. The van der Waals surface area contributed by atoms with E-state index in [1.165, 1.54) is 6.92 Å². The number of carboxylic acid groups (broad SMARTS) is 3. The molecular weight excluding hydrogens is 370 g/mol. The van der Waals surface area contributed by atoms with E-state index >= 15 is 0 Å². The van der Waals surface area contributed by atoms with E-state index in [0.29, 0.717) is 0 Å². The Labute approximate surface area is 162 Å². The van der Waals surface area contributed by atoms with Crippen molar-refractivity contribution in [2.45, 2.75) is 19.8 Å². The first-order valence-corrected chi connectivity index (χ1v) is 8.73. The number of nitrogens with zero attached hydrogens (tertiary/aromatic N) is 1.